The summed E-state index contributed by atoms with van der Waals surface area (Å²) in [7, 11) is 0. The summed E-state index contributed by atoms with van der Waals surface area (Å²) >= 11 is 0. The second kappa shape index (κ2) is 13.5. The Bertz CT molecular complexity index is 1510. The zero-order valence-electron chi connectivity index (χ0n) is 23.1. The minimum Gasteiger partial charge on any atom is -0.505 e. The number of phenolic OH excluding ortho intramolecular Hbond substituents is 1. The van der Waals surface area contributed by atoms with Gasteiger partial charge in [-0.05, 0) is 80.3 Å². The molecule has 0 radical (unpaired) electrons. The van der Waals surface area contributed by atoms with Crippen LogP contribution in [-0.4, -0.2) is 48.0 Å². The Morgan fingerprint density at radius 1 is 0.875 bits per heavy atom. The van der Waals surface area contributed by atoms with Gasteiger partial charge in [-0.1, -0.05) is 56.3 Å². The van der Waals surface area contributed by atoms with Gasteiger partial charge in [0.2, 0.25) is 0 Å². The standard InChI is InChI=1S/C32H35N5O3/c1-4-37(5-2)17-11-16-33-31(39)24-18-22(3)19-26(20-24)35-36-29-27-15-10-9-12-23(27)21-28(30(29)38)32(40)34-25-13-7-6-8-14-25/h6-10,12-15,18-21,38H,4-5,11,16-17H2,1-3H3,(H,33,39)(H,34,40). The van der Waals surface area contributed by atoms with Crippen LogP contribution in [0.15, 0.2) is 89.1 Å². The molecule has 0 atom stereocenters. The van der Waals surface area contributed by atoms with Gasteiger partial charge in [-0.3, -0.25) is 9.59 Å². The summed E-state index contributed by atoms with van der Waals surface area (Å²) in [6.45, 7) is 9.63. The third-order valence-electron chi connectivity index (χ3n) is 6.69. The highest BCUT2D eigenvalue weighted by Gasteiger charge is 2.19. The van der Waals surface area contributed by atoms with Crippen LogP contribution < -0.4 is 10.6 Å². The van der Waals surface area contributed by atoms with Crippen molar-refractivity contribution in [3.05, 3.63) is 95.6 Å². The molecule has 4 rings (SSSR count). The summed E-state index contributed by atoms with van der Waals surface area (Å²) in [5, 5.41) is 27.0. The number of phenols is 1. The van der Waals surface area contributed by atoms with Crippen LogP contribution in [0.3, 0.4) is 0 Å². The van der Waals surface area contributed by atoms with Gasteiger partial charge in [0.25, 0.3) is 11.8 Å². The number of nitrogens with one attached hydrogen (secondary N) is 2. The number of anilines is 1. The van der Waals surface area contributed by atoms with E-state index in [9.17, 15) is 14.7 Å². The van der Waals surface area contributed by atoms with E-state index in [2.05, 4.69) is 39.6 Å². The predicted molar refractivity (Wildman–Crippen MR) is 160 cm³/mol. The topological polar surface area (TPSA) is 106 Å². The molecule has 40 heavy (non-hydrogen) atoms. The van der Waals surface area contributed by atoms with Crippen LogP contribution in [0.1, 0.15) is 46.5 Å². The number of amides is 2. The Hall–Kier alpha value is -4.56. The Labute approximate surface area is 234 Å². The molecule has 0 aliphatic carbocycles. The molecule has 206 valence electrons. The lowest BCUT2D eigenvalue weighted by Gasteiger charge is -2.17. The molecule has 2 amide bonds. The first-order chi connectivity index (χ1) is 19.4. The van der Waals surface area contributed by atoms with Crippen LogP contribution >= 0.6 is 0 Å². The molecule has 8 heteroatoms. The van der Waals surface area contributed by atoms with Gasteiger partial charge in [0, 0.05) is 23.2 Å². The fourth-order valence-corrected chi connectivity index (χ4v) is 4.52. The van der Waals surface area contributed by atoms with Crippen LogP contribution in [0, 0.1) is 6.92 Å². The van der Waals surface area contributed by atoms with Gasteiger partial charge in [0.05, 0.1) is 11.3 Å². The van der Waals surface area contributed by atoms with E-state index in [1.54, 1.807) is 30.3 Å². The van der Waals surface area contributed by atoms with Crippen molar-refractivity contribution < 1.29 is 14.7 Å². The zero-order chi connectivity index (χ0) is 28.5. The van der Waals surface area contributed by atoms with E-state index in [0.29, 0.717) is 28.9 Å². The van der Waals surface area contributed by atoms with Crippen LogP contribution in [0.2, 0.25) is 0 Å². The third kappa shape index (κ3) is 7.09. The molecule has 0 fully saturated rings. The van der Waals surface area contributed by atoms with Crippen molar-refractivity contribution in [3.63, 3.8) is 0 Å². The molecule has 0 aliphatic rings. The van der Waals surface area contributed by atoms with Crippen molar-refractivity contribution in [1.82, 2.24) is 10.2 Å². The monoisotopic (exact) mass is 537 g/mol. The number of aromatic hydroxyl groups is 1. The second-order valence-corrected chi connectivity index (χ2v) is 9.56. The van der Waals surface area contributed by atoms with Crippen molar-refractivity contribution in [1.29, 1.82) is 0 Å². The number of carbonyl (C=O) groups is 2. The number of hydrogen-bond donors (Lipinski definition) is 3. The van der Waals surface area contributed by atoms with E-state index in [1.165, 1.54) is 0 Å². The molecule has 0 heterocycles. The van der Waals surface area contributed by atoms with Crippen molar-refractivity contribution in [2.24, 2.45) is 10.2 Å². The van der Waals surface area contributed by atoms with Gasteiger partial charge in [0.15, 0.2) is 5.75 Å². The van der Waals surface area contributed by atoms with E-state index in [1.807, 2.05) is 55.5 Å². The number of hydrogen-bond acceptors (Lipinski definition) is 6. The summed E-state index contributed by atoms with van der Waals surface area (Å²) in [5.74, 6) is -0.899. The van der Waals surface area contributed by atoms with Crippen LogP contribution in [-0.2, 0) is 0 Å². The SMILES string of the molecule is CCN(CC)CCCNC(=O)c1cc(C)cc(N=Nc2c(O)c(C(=O)Nc3ccccc3)cc3ccccc23)c1. The van der Waals surface area contributed by atoms with Crippen molar-refractivity contribution >= 4 is 39.6 Å². The smallest absolute Gasteiger partial charge is 0.259 e. The minimum atomic E-state index is -0.457. The fourth-order valence-electron chi connectivity index (χ4n) is 4.52. The highest BCUT2D eigenvalue weighted by Crippen LogP contribution is 2.39. The van der Waals surface area contributed by atoms with Crippen molar-refractivity contribution in [2.75, 3.05) is 31.5 Å². The largest absolute Gasteiger partial charge is 0.505 e. The predicted octanol–water partition coefficient (Wildman–Crippen LogP) is 6.98. The number of benzene rings is 4. The van der Waals surface area contributed by atoms with E-state index in [4.69, 9.17) is 0 Å². The summed E-state index contributed by atoms with van der Waals surface area (Å²) in [6.07, 6.45) is 0.867. The molecule has 0 bridgehead atoms. The highest BCUT2D eigenvalue weighted by atomic mass is 16.3. The van der Waals surface area contributed by atoms with E-state index >= 15 is 0 Å². The Morgan fingerprint density at radius 2 is 1.60 bits per heavy atom. The molecule has 0 unspecified atom stereocenters. The Kier molecular flexibility index (Phi) is 9.59. The lowest BCUT2D eigenvalue weighted by Crippen LogP contribution is -2.29. The third-order valence-corrected chi connectivity index (χ3v) is 6.69. The lowest BCUT2D eigenvalue weighted by molar-refractivity contribution is 0.0950. The van der Waals surface area contributed by atoms with Gasteiger partial charge < -0.3 is 20.6 Å². The second-order valence-electron chi connectivity index (χ2n) is 9.56. The number of rotatable bonds is 11. The quantitative estimate of drug-likeness (QED) is 0.142. The average Bonchev–Trinajstić information content (AvgIpc) is 2.96. The summed E-state index contributed by atoms with van der Waals surface area (Å²) < 4.78 is 0. The molecule has 0 spiro atoms. The molecule has 4 aromatic carbocycles. The molecular formula is C32H35N5O3. The van der Waals surface area contributed by atoms with Gasteiger partial charge in [-0.2, -0.15) is 5.11 Å². The maximum atomic E-state index is 13.1. The fraction of sp³-hybridized carbons (Fsp3) is 0.250. The molecule has 0 saturated heterocycles. The molecule has 0 aromatic heterocycles. The zero-order valence-corrected chi connectivity index (χ0v) is 23.1. The van der Waals surface area contributed by atoms with Gasteiger partial charge in [-0.15, -0.1) is 5.11 Å². The van der Waals surface area contributed by atoms with Gasteiger partial charge in [0.1, 0.15) is 5.69 Å². The first-order valence-corrected chi connectivity index (χ1v) is 13.5. The maximum absolute atomic E-state index is 13.1. The minimum absolute atomic E-state index is 0.0884. The van der Waals surface area contributed by atoms with Gasteiger partial charge in [-0.25, -0.2) is 0 Å². The lowest BCUT2D eigenvalue weighted by atomic mass is 10.0. The summed E-state index contributed by atoms with van der Waals surface area (Å²) in [5.41, 5.74) is 2.69. The Balaban J connectivity index is 1.58. The number of aryl methyl sites for hydroxylation is 1. The van der Waals surface area contributed by atoms with Crippen LogP contribution in [0.25, 0.3) is 10.8 Å². The number of fused-ring (bicyclic) bond motifs is 1. The molecule has 0 aliphatic heterocycles. The average molecular weight is 538 g/mol. The maximum Gasteiger partial charge on any atom is 0.259 e. The molecule has 3 N–H and O–H groups in total. The number of nitrogens with zero attached hydrogens (tertiary/aromatic N) is 3. The van der Waals surface area contributed by atoms with Crippen LogP contribution in [0.4, 0.5) is 17.1 Å². The Morgan fingerprint density at radius 3 is 2.35 bits per heavy atom. The van der Waals surface area contributed by atoms with E-state index in [-0.39, 0.29) is 22.9 Å². The summed E-state index contributed by atoms with van der Waals surface area (Å²) in [6, 6.07) is 23.3. The summed E-state index contributed by atoms with van der Waals surface area (Å²) in [4.78, 5) is 28.2. The highest BCUT2D eigenvalue weighted by molar-refractivity contribution is 6.11. The normalized spacial score (nSPS) is 11.3. The van der Waals surface area contributed by atoms with E-state index < -0.39 is 5.91 Å². The molecule has 0 saturated carbocycles. The number of para-hydroxylation sites is 1. The molecular weight excluding hydrogens is 502 g/mol. The van der Waals surface area contributed by atoms with Crippen molar-refractivity contribution in [3.8, 4) is 5.75 Å². The van der Waals surface area contributed by atoms with Gasteiger partial charge >= 0.3 is 0 Å². The first-order valence-electron chi connectivity index (χ1n) is 13.5. The van der Waals surface area contributed by atoms with Crippen LogP contribution in [0.5, 0.6) is 5.75 Å². The number of azo groups is 1. The molecule has 4 aromatic rings. The molecule has 8 nitrogen and oxygen atoms in total. The van der Waals surface area contributed by atoms with Crippen molar-refractivity contribution in [2.45, 2.75) is 27.2 Å². The first kappa shape index (κ1) is 28.4. The number of carbonyl (C=O) groups excluding carboxylic acids is 2. The van der Waals surface area contributed by atoms with E-state index in [0.717, 1.165) is 37.0 Å².